The summed E-state index contributed by atoms with van der Waals surface area (Å²) in [5.74, 6) is 0.439. The van der Waals surface area contributed by atoms with Crippen LogP contribution in [0.2, 0.25) is 5.02 Å². The van der Waals surface area contributed by atoms with E-state index in [9.17, 15) is 9.59 Å². The van der Waals surface area contributed by atoms with Gasteiger partial charge in [0.25, 0.3) is 0 Å². The summed E-state index contributed by atoms with van der Waals surface area (Å²) in [6.45, 7) is 2.73. The molecule has 1 aliphatic carbocycles. The Morgan fingerprint density at radius 2 is 1.89 bits per heavy atom. The van der Waals surface area contributed by atoms with Crippen LogP contribution < -0.4 is 5.32 Å². The van der Waals surface area contributed by atoms with E-state index >= 15 is 0 Å². The van der Waals surface area contributed by atoms with E-state index in [0.717, 1.165) is 49.1 Å². The van der Waals surface area contributed by atoms with E-state index in [1.54, 1.807) is 0 Å². The van der Waals surface area contributed by atoms with E-state index in [4.69, 9.17) is 16.3 Å². The number of thiophene rings is 1. The lowest BCUT2D eigenvalue weighted by Gasteiger charge is -2.11. The molecule has 1 aliphatic rings. The second kappa shape index (κ2) is 12.1. The zero-order valence-electron chi connectivity index (χ0n) is 19.9. The molecule has 1 amide bonds. The van der Waals surface area contributed by atoms with E-state index in [0.29, 0.717) is 33.7 Å². The molecule has 1 aromatic carbocycles. The number of aryl methyl sites for hydroxylation is 1. The monoisotopic (exact) mass is 532 g/mol. The summed E-state index contributed by atoms with van der Waals surface area (Å²) >= 11 is 8.83. The number of esters is 1. The zero-order valence-corrected chi connectivity index (χ0v) is 22.3. The largest absolute Gasteiger partial charge is 0.465 e. The highest BCUT2D eigenvalue weighted by Crippen LogP contribution is 2.37. The number of anilines is 1. The molecule has 0 fully saturated rings. The number of fused-ring (bicyclic) bond motifs is 1. The molecule has 0 saturated heterocycles. The number of hydrogen-bond acceptors (Lipinski definition) is 7. The van der Waals surface area contributed by atoms with Gasteiger partial charge in [0.15, 0.2) is 5.16 Å². The number of nitrogens with zero attached hydrogens (tertiary/aromatic N) is 3. The predicted molar refractivity (Wildman–Crippen MR) is 141 cm³/mol. The first-order valence-electron chi connectivity index (χ1n) is 11.8. The number of thioether (sulfide) groups is 1. The van der Waals surface area contributed by atoms with E-state index in [-0.39, 0.29) is 17.6 Å². The van der Waals surface area contributed by atoms with E-state index in [1.807, 2.05) is 35.8 Å². The van der Waals surface area contributed by atoms with Crippen LogP contribution >= 0.6 is 34.7 Å². The van der Waals surface area contributed by atoms with Gasteiger partial charge >= 0.3 is 5.97 Å². The van der Waals surface area contributed by atoms with Crippen molar-refractivity contribution in [2.24, 2.45) is 0 Å². The fourth-order valence-electron chi connectivity index (χ4n) is 4.28. The van der Waals surface area contributed by atoms with Gasteiger partial charge < -0.3 is 14.6 Å². The van der Waals surface area contributed by atoms with Crippen LogP contribution in [0.5, 0.6) is 0 Å². The van der Waals surface area contributed by atoms with Gasteiger partial charge in [0.1, 0.15) is 10.8 Å². The SMILES string of the molecule is CCn1c(Cc2ccc(Cl)cc2)nnc1SCC(=O)Nc1sc2c(c1C(=O)OC)CCCCCC2. The van der Waals surface area contributed by atoms with Crippen LogP contribution in [-0.4, -0.2) is 39.5 Å². The molecule has 7 nitrogen and oxygen atoms in total. The van der Waals surface area contributed by atoms with Crippen molar-refractivity contribution in [3.05, 3.63) is 56.7 Å². The van der Waals surface area contributed by atoms with Crippen LogP contribution in [0.15, 0.2) is 29.4 Å². The fraction of sp³-hybridized carbons (Fsp3) is 0.440. The van der Waals surface area contributed by atoms with Crippen molar-refractivity contribution in [3.8, 4) is 0 Å². The lowest BCUT2D eigenvalue weighted by Crippen LogP contribution is -2.17. The Morgan fingerprint density at radius 1 is 1.14 bits per heavy atom. The molecule has 0 atom stereocenters. The lowest BCUT2D eigenvalue weighted by molar-refractivity contribution is -0.113. The van der Waals surface area contributed by atoms with Crippen LogP contribution in [0.3, 0.4) is 0 Å². The van der Waals surface area contributed by atoms with Gasteiger partial charge in [-0.05, 0) is 55.9 Å². The summed E-state index contributed by atoms with van der Waals surface area (Å²) in [4.78, 5) is 26.6. The van der Waals surface area contributed by atoms with Gasteiger partial charge in [0.2, 0.25) is 5.91 Å². The second-order valence-electron chi connectivity index (χ2n) is 8.40. The van der Waals surface area contributed by atoms with Crippen molar-refractivity contribution in [3.63, 3.8) is 0 Å². The standard InChI is InChI=1S/C25H29ClN4O3S2/c1-3-30-20(14-16-10-12-17(26)13-11-16)28-29-25(30)34-15-21(31)27-23-22(24(32)33-2)18-8-6-4-5-7-9-19(18)35-23/h10-13H,3-9,14-15H2,1-2H3,(H,27,31). The average molecular weight is 533 g/mol. The molecule has 35 heavy (non-hydrogen) atoms. The molecule has 186 valence electrons. The second-order valence-corrected chi connectivity index (χ2v) is 10.9. The van der Waals surface area contributed by atoms with E-state index < -0.39 is 0 Å². The molecule has 2 aromatic heterocycles. The Kier molecular flexibility index (Phi) is 8.86. The first-order valence-corrected chi connectivity index (χ1v) is 14.0. The molecule has 2 heterocycles. The summed E-state index contributed by atoms with van der Waals surface area (Å²) in [7, 11) is 1.38. The third-order valence-corrected chi connectivity index (χ3v) is 8.46. The van der Waals surface area contributed by atoms with Crippen LogP contribution in [0.25, 0.3) is 0 Å². The number of nitrogens with one attached hydrogen (secondary N) is 1. The van der Waals surface area contributed by atoms with Crippen LogP contribution in [-0.2, 0) is 35.3 Å². The van der Waals surface area contributed by atoms with Crippen molar-refractivity contribution in [2.45, 2.75) is 63.6 Å². The number of carbonyl (C=O) groups is 2. The van der Waals surface area contributed by atoms with Crippen LogP contribution in [0.1, 0.15) is 64.8 Å². The minimum Gasteiger partial charge on any atom is -0.465 e. The summed E-state index contributed by atoms with van der Waals surface area (Å²) in [5.41, 5.74) is 2.66. The van der Waals surface area contributed by atoms with Gasteiger partial charge in [0.05, 0.1) is 18.4 Å². The minimum atomic E-state index is -0.386. The van der Waals surface area contributed by atoms with Gasteiger partial charge in [-0.15, -0.1) is 21.5 Å². The van der Waals surface area contributed by atoms with E-state index in [1.165, 1.54) is 41.5 Å². The molecule has 0 radical (unpaired) electrons. The van der Waals surface area contributed by atoms with Crippen molar-refractivity contribution >= 4 is 51.6 Å². The number of hydrogen-bond donors (Lipinski definition) is 1. The third kappa shape index (κ3) is 6.26. The van der Waals surface area contributed by atoms with Crippen molar-refractivity contribution in [2.75, 3.05) is 18.2 Å². The van der Waals surface area contributed by atoms with Gasteiger partial charge in [-0.2, -0.15) is 0 Å². The summed E-state index contributed by atoms with van der Waals surface area (Å²) in [6.07, 6.45) is 6.91. The number of methoxy groups -OCH3 is 1. The zero-order chi connectivity index (χ0) is 24.8. The Morgan fingerprint density at radius 3 is 2.60 bits per heavy atom. The highest BCUT2D eigenvalue weighted by molar-refractivity contribution is 7.99. The topological polar surface area (TPSA) is 86.1 Å². The number of halogens is 1. The van der Waals surface area contributed by atoms with Crippen molar-refractivity contribution in [1.29, 1.82) is 0 Å². The molecule has 0 aliphatic heterocycles. The van der Waals surface area contributed by atoms with Crippen molar-refractivity contribution in [1.82, 2.24) is 14.8 Å². The smallest absolute Gasteiger partial charge is 0.341 e. The number of rotatable bonds is 8. The van der Waals surface area contributed by atoms with Crippen LogP contribution in [0, 0.1) is 0 Å². The lowest BCUT2D eigenvalue weighted by atomic mass is 9.96. The molecule has 0 saturated carbocycles. The highest BCUT2D eigenvalue weighted by atomic mass is 35.5. The van der Waals surface area contributed by atoms with Crippen molar-refractivity contribution < 1.29 is 14.3 Å². The molecule has 0 unspecified atom stereocenters. The summed E-state index contributed by atoms with van der Waals surface area (Å²) in [6, 6.07) is 7.66. The quantitative estimate of drug-likeness (QED) is 0.292. The maximum absolute atomic E-state index is 12.9. The first kappa shape index (κ1) is 25.7. The summed E-state index contributed by atoms with van der Waals surface area (Å²) < 4.78 is 7.07. The van der Waals surface area contributed by atoms with Crippen LogP contribution in [0.4, 0.5) is 5.00 Å². The predicted octanol–water partition coefficient (Wildman–Crippen LogP) is 5.78. The van der Waals surface area contributed by atoms with E-state index in [2.05, 4.69) is 15.5 Å². The summed E-state index contributed by atoms with van der Waals surface area (Å²) in [5, 5.41) is 13.6. The molecule has 0 spiro atoms. The molecular formula is C25H29ClN4O3S2. The van der Waals surface area contributed by atoms with Gasteiger partial charge in [-0.3, -0.25) is 4.79 Å². The number of ether oxygens (including phenoxy) is 1. The Balaban J connectivity index is 1.45. The number of carbonyl (C=O) groups excluding carboxylic acids is 2. The number of benzene rings is 1. The van der Waals surface area contributed by atoms with Gasteiger partial charge in [-0.1, -0.05) is 48.3 Å². The molecule has 1 N–H and O–H groups in total. The number of amides is 1. The maximum Gasteiger partial charge on any atom is 0.341 e. The van der Waals surface area contributed by atoms with Gasteiger partial charge in [0, 0.05) is 22.9 Å². The normalized spacial score (nSPS) is 13.6. The van der Waals surface area contributed by atoms with Gasteiger partial charge in [-0.25, -0.2) is 4.79 Å². The Hall–Kier alpha value is -2.36. The average Bonchev–Trinajstić information content (AvgIpc) is 3.38. The number of aromatic nitrogens is 3. The molecule has 0 bridgehead atoms. The molecule has 4 rings (SSSR count). The third-order valence-electron chi connectivity index (χ3n) is 6.03. The Labute approximate surface area is 218 Å². The minimum absolute atomic E-state index is 0.169. The highest BCUT2D eigenvalue weighted by Gasteiger charge is 2.26. The fourth-order valence-corrected chi connectivity index (χ4v) is 6.52. The Bertz CT molecular complexity index is 1190. The molecule has 3 aromatic rings. The first-order chi connectivity index (χ1) is 17.0. The molecular weight excluding hydrogens is 504 g/mol. The molecule has 10 heteroatoms. The maximum atomic E-state index is 12.9.